The van der Waals surface area contributed by atoms with Crippen molar-refractivity contribution < 1.29 is 8.54 Å². The van der Waals surface area contributed by atoms with E-state index in [0.29, 0.717) is 0 Å². The second-order valence-electron chi connectivity index (χ2n) is 0.175. The Morgan fingerprint density at radius 3 is 2.25 bits per heavy atom. The summed E-state index contributed by atoms with van der Waals surface area (Å²) < 4.78 is 12.7. The van der Waals surface area contributed by atoms with Gasteiger partial charge in [0.1, 0.15) is 0 Å². The predicted octanol–water partition coefficient (Wildman–Crippen LogP) is 0.787. The quantitative estimate of drug-likeness (QED) is 0.297. The number of hydrogen-bond donors (Lipinski definition) is 1. The first-order chi connectivity index (χ1) is 1.91. The maximum absolute atomic E-state index is 9.03. The lowest BCUT2D eigenvalue weighted by Crippen LogP contribution is -1.22. The average Bonchev–Trinajstić information content (AvgIpc) is 1.37. The summed E-state index contributed by atoms with van der Waals surface area (Å²) in [5, 5.41) is 0. The lowest BCUT2D eigenvalue weighted by molar-refractivity contribution is 0.555. The van der Waals surface area contributed by atoms with E-state index in [4.69, 9.17) is 4.57 Å². The van der Waals surface area contributed by atoms with E-state index in [1.807, 2.05) is 0 Å². The molecule has 0 rings (SSSR count). The van der Waals surface area contributed by atoms with Gasteiger partial charge in [-0.05, 0) is 4.57 Å². The Morgan fingerprint density at radius 2 is 2.25 bits per heavy atom. The van der Waals surface area contributed by atoms with Crippen LogP contribution in [0.5, 0.6) is 0 Å². The van der Waals surface area contributed by atoms with Crippen LogP contribution in [-0.4, -0.2) is 0 Å². The molecule has 0 spiro atoms. The summed E-state index contributed by atoms with van der Waals surface area (Å²) in [5.41, 5.74) is 0. The van der Waals surface area contributed by atoms with Crippen LogP contribution in [0.3, 0.4) is 0 Å². The molecule has 4 heavy (non-hydrogen) atoms. The summed E-state index contributed by atoms with van der Waals surface area (Å²) in [6, 6.07) is 0. The van der Waals surface area contributed by atoms with Gasteiger partial charge in [-0.1, -0.05) is 3.97 Å². The van der Waals surface area contributed by atoms with Gasteiger partial charge in [-0.3, -0.25) is 0 Å². The van der Waals surface area contributed by atoms with Gasteiger partial charge in [-0.2, -0.15) is 0 Å². The first kappa shape index (κ1) is 4.41. The van der Waals surface area contributed by atoms with Crippen molar-refractivity contribution in [1.82, 2.24) is 0 Å². The van der Waals surface area contributed by atoms with Crippen molar-refractivity contribution in [1.29, 1.82) is 0 Å². The third-order valence-electron chi connectivity index (χ3n) is 0.0373. The number of thiol groups is 1. The van der Waals surface area contributed by atoms with E-state index in [9.17, 15) is 0 Å². The van der Waals surface area contributed by atoms with E-state index >= 15 is 0 Å². The van der Waals surface area contributed by atoms with Gasteiger partial charge in [0.25, 0.3) is 0 Å². The Morgan fingerprint density at radius 1 is 2.00 bits per heavy atom. The van der Waals surface area contributed by atoms with E-state index in [0.717, 1.165) is 0 Å². The highest BCUT2D eigenvalue weighted by Gasteiger charge is 1.68. The molecule has 0 radical (unpaired) electrons. The molecule has 0 aliphatic carbocycles. The van der Waals surface area contributed by atoms with Crippen molar-refractivity contribution in [2.45, 2.75) is 0 Å². The predicted molar refractivity (Wildman–Crippen MR) is 19.1 cm³/mol. The second kappa shape index (κ2) is 3.41. The highest BCUT2D eigenvalue weighted by molar-refractivity contribution is 7.78. The van der Waals surface area contributed by atoms with Crippen LogP contribution in [0.2, 0.25) is 0 Å². The summed E-state index contributed by atoms with van der Waals surface area (Å²) in [6.45, 7) is 0. The monoisotopic (exact) mass is 97.0 g/mol. The molecule has 0 heterocycles. The highest BCUT2D eigenvalue weighted by atomic mass is 32.1. The van der Waals surface area contributed by atoms with Crippen molar-refractivity contribution in [3.63, 3.8) is 0 Å². The maximum atomic E-state index is 9.03. The van der Waals surface area contributed by atoms with Gasteiger partial charge in [0.15, 0.2) is 0 Å². The molecular weight excluding hydrogens is 95.0 g/mol. The molecule has 24 valence electrons. The standard InChI is InChI=1S/HO2PS/c1-3-2-4/h3H/p+1. The van der Waals surface area contributed by atoms with Crippen LogP contribution >= 0.6 is 21.6 Å². The topological polar surface area (TPSA) is 26.3 Å². The first-order valence-corrected chi connectivity index (χ1v) is 1.77. The Hall–Kier alpha value is 0.410. The summed E-state index contributed by atoms with van der Waals surface area (Å²) in [6.07, 6.45) is 0. The lowest BCUT2D eigenvalue weighted by atomic mass is 15.9. The maximum Gasteiger partial charge on any atom is 0.506 e. The molecule has 0 aromatic heterocycles. The van der Waals surface area contributed by atoms with Gasteiger partial charge in [-0.15, -0.1) is 0 Å². The largest absolute Gasteiger partial charge is 0.506 e. The molecule has 1 unspecified atom stereocenters. The van der Waals surface area contributed by atoms with Crippen molar-refractivity contribution in [3.05, 3.63) is 0 Å². The lowest BCUT2D eigenvalue weighted by Gasteiger charge is -1.41. The van der Waals surface area contributed by atoms with Gasteiger partial charge < -0.3 is 0 Å². The molecule has 0 N–H and O–H groups in total. The minimum atomic E-state index is -0.745. The van der Waals surface area contributed by atoms with Crippen molar-refractivity contribution in [2.75, 3.05) is 0 Å². The molecule has 0 saturated carbocycles. The van der Waals surface area contributed by atoms with Crippen molar-refractivity contribution in [3.8, 4) is 0 Å². The summed E-state index contributed by atoms with van der Waals surface area (Å²) in [5.74, 6) is 0. The summed E-state index contributed by atoms with van der Waals surface area (Å²) in [7, 11) is -0.745. The molecule has 0 fully saturated rings. The van der Waals surface area contributed by atoms with Gasteiger partial charge in [0.05, 0.1) is 0 Å². The van der Waals surface area contributed by atoms with Gasteiger partial charge >= 0.3 is 8.69 Å². The van der Waals surface area contributed by atoms with E-state index in [2.05, 4.69) is 16.9 Å². The SMILES string of the molecule is O=[PH+]OS. The molecule has 0 saturated heterocycles. The fraction of sp³-hybridized carbons (Fsp3) is 0. The van der Waals surface area contributed by atoms with Crippen LogP contribution in [-0.2, 0) is 8.54 Å². The smallest absolute Gasteiger partial charge is 0.0771 e. The molecule has 0 aliphatic heterocycles. The van der Waals surface area contributed by atoms with E-state index in [1.54, 1.807) is 0 Å². The molecule has 0 aromatic carbocycles. The van der Waals surface area contributed by atoms with Crippen LogP contribution in [0, 0.1) is 0 Å². The Kier molecular flexibility index (Phi) is 3.76. The molecule has 2 nitrogen and oxygen atoms in total. The third kappa shape index (κ3) is 2.41. The summed E-state index contributed by atoms with van der Waals surface area (Å²) in [4.78, 5) is 0. The number of hydrogen-bond acceptors (Lipinski definition) is 3. The normalized spacial score (nSPS) is 8.25. The Balaban J connectivity index is 2.30. The molecule has 0 amide bonds. The summed E-state index contributed by atoms with van der Waals surface area (Å²) >= 11 is 3.12. The van der Waals surface area contributed by atoms with Crippen molar-refractivity contribution in [2.24, 2.45) is 0 Å². The fourth-order valence-corrected chi connectivity index (χ4v) is 0. The second-order valence-corrected chi connectivity index (χ2v) is 1.07. The zero-order valence-electron chi connectivity index (χ0n) is 1.76. The fourth-order valence-electron chi connectivity index (χ4n) is 0. The Bertz CT molecular complexity index is 20.0. The van der Waals surface area contributed by atoms with E-state index in [1.165, 1.54) is 0 Å². The van der Waals surface area contributed by atoms with Crippen LogP contribution < -0.4 is 0 Å². The molecule has 4 heteroatoms. The molecule has 0 bridgehead atoms. The molecule has 0 aliphatic rings. The number of rotatable bonds is 1. The van der Waals surface area contributed by atoms with Crippen LogP contribution in [0.4, 0.5) is 0 Å². The highest BCUT2D eigenvalue weighted by Crippen LogP contribution is 1.93. The van der Waals surface area contributed by atoms with E-state index < -0.39 is 8.69 Å². The zero-order valence-corrected chi connectivity index (χ0v) is 3.66. The minimum absolute atomic E-state index is 0.745. The van der Waals surface area contributed by atoms with Crippen LogP contribution in [0.15, 0.2) is 0 Å². The van der Waals surface area contributed by atoms with Gasteiger partial charge in [-0.25, -0.2) is 0 Å². The first-order valence-electron chi connectivity index (χ1n) is 0.591. The average molecular weight is 97.1 g/mol. The van der Waals surface area contributed by atoms with Crippen LogP contribution in [0.1, 0.15) is 0 Å². The van der Waals surface area contributed by atoms with Gasteiger partial charge in [0, 0.05) is 12.9 Å². The third-order valence-corrected chi connectivity index (χ3v) is 0.335. The Labute approximate surface area is 31.1 Å². The zero-order chi connectivity index (χ0) is 3.41. The minimum Gasteiger partial charge on any atom is -0.0771 e. The molecular formula is H2O2PS+. The molecule has 0 aromatic rings. The molecule has 1 atom stereocenters. The van der Waals surface area contributed by atoms with Gasteiger partial charge in [0.2, 0.25) is 0 Å². The van der Waals surface area contributed by atoms with Crippen LogP contribution in [0.25, 0.3) is 0 Å². The van der Waals surface area contributed by atoms with E-state index in [-0.39, 0.29) is 0 Å². The van der Waals surface area contributed by atoms with Crippen molar-refractivity contribution >= 4 is 21.6 Å².